The van der Waals surface area contributed by atoms with Crippen molar-refractivity contribution in [3.05, 3.63) is 24.3 Å². The van der Waals surface area contributed by atoms with Gasteiger partial charge in [-0.15, -0.1) is 0 Å². The van der Waals surface area contributed by atoms with E-state index in [2.05, 4.69) is 0 Å². The molecule has 2 saturated carbocycles. The van der Waals surface area contributed by atoms with Crippen LogP contribution in [0.3, 0.4) is 0 Å². The highest BCUT2D eigenvalue weighted by Gasteiger charge is 2.57. The molecule has 2 aliphatic carbocycles. The second-order valence-corrected chi connectivity index (χ2v) is 10.7. The van der Waals surface area contributed by atoms with Gasteiger partial charge in [-0.3, -0.25) is 9.59 Å². The minimum atomic E-state index is -4.44. The molecule has 4 fully saturated rings. The summed E-state index contributed by atoms with van der Waals surface area (Å²) in [6, 6.07) is 6.14. The lowest BCUT2D eigenvalue weighted by atomic mass is 9.67. The van der Waals surface area contributed by atoms with Crippen LogP contribution in [0.5, 0.6) is 5.75 Å². The number of rotatable bonds is 5. The number of alkyl halides is 3. The summed E-state index contributed by atoms with van der Waals surface area (Å²) in [4.78, 5) is 29.4. The van der Waals surface area contributed by atoms with Crippen molar-refractivity contribution < 1.29 is 32.6 Å². The van der Waals surface area contributed by atoms with Crippen molar-refractivity contribution in [2.75, 3.05) is 18.0 Å². The Kier molecular flexibility index (Phi) is 5.42. The quantitative estimate of drug-likeness (QED) is 0.686. The molecule has 186 valence electrons. The van der Waals surface area contributed by atoms with Crippen LogP contribution in [0, 0.1) is 5.41 Å². The summed E-state index contributed by atoms with van der Waals surface area (Å²) in [5.74, 6) is 0.233. The fourth-order valence-corrected chi connectivity index (χ4v) is 5.95. The van der Waals surface area contributed by atoms with Crippen LogP contribution >= 0.6 is 0 Å². The van der Waals surface area contributed by atoms with Gasteiger partial charge in [0, 0.05) is 30.7 Å². The molecule has 34 heavy (non-hydrogen) atoms. The summed E-state index contributed by atoms with van der Waals surface area (Å²) in [5.41, 5.74) is -0.871. The zero-order valence-corrected chi connectivity index (χ0v) is 19.4. The fraction of sp³-hybridized carbons (Fsp3) is 0.680. The number of amides is 2. The molecule has 1 N–H and O–H groups in total. The Bertz CT molecular complexity index is 965. The molecule has 1 aromatic carbocycles. The second-order valence-electron chi connectivity index (χ2n) is 10.7. The first kappa shape index (κ1) is 23.5. The molecule has 5 rings (SSSR count). The van der Waals surface area contributed by atoms with Gasteiger partial charge in [0.1, 0.15) is 5.75 Å². The maximum absolute atomic E-state index is 13.4. The van der Waals surface area contributed by atoms with Crippen LogP contribution in [0.4, 0.5) is 18.9 Å². The van der Waals surface area contributed by atoms with Crippen molar-refractivity contribution in [1.82, 2.24) is 4.90 Å². The number of halogens is 3. The summed E-state index contributed by atoms with van der Waals surface area (Å²) in [7, 11) is 0. The highest BCUT2D eigenvalue weighted by atomic mass is 19.4. The van der Waals surface area contributed by atoms with Crippen molar-refractivity contribution in [2.24, 2.45) is 5.41 Å². The number of anilines is 1. The van der Waals surface area contributed by atoms with Gasteiger partial charge in [0.15, 0.2) is 6.10 Å². The molecule has 4 aliphatic rings. The first-order valence-electron chi connectivity index (χ1n) is 12.1. The Morgan fingerprint density at radius 3 is 2.24 bits per heavy atom. The number of benzene rings is 1. The normalized spacial score (nSPS) is 31.6. The molecule has 2 heterocycles. The average molecular weight is 481 g/mol. The third-order valence-corrected chi connectivity index (χ3v) is 8.53. The molecular weight excluding hydrogens is 449 g/mol. The van der Waals surface area contributed by atoms with Gasteiger partial charge in [-0.1, -0.05) is 0 Å². The first-order valence-corrected chi connectivity index (χ1v) is 12.1. The molecule has 2 saturated heterocycles. The zero-order chi connectivity index (χ0) is 24.4. The zero-order valence-electron chi connectivity index (χ0n) is 19.4. The SMILES string of the molecule is C[C@@H](Oc1ccc(N2CC[C@]3(CC[C@@](O)(CN4C(=O)CCC45CC5)CC3)C2=O)cc1)C(F)(F)F. The molecule has 6 nitrogen and oxygen atoms in total. The lowest BCUT2D eigenvalue weighted by Crippen LogP contribution is -2.51. The van der Waals surface area contributed by atoms with Gasteiger partial charge in [-0.2, -0.15) is 13.2 Å². The third kappa shape index (κ3) is 4.06. The highest BCUT2D eigenvalue weighted by molar-refractivity contribution is 6.00. The molecule has 0 aromatic heterocycles. The molecule has 2 aliphatic heterocycles. The van der Waals surface area contributed by atoms with Gasteiger partial charge >= 0.3 is 6.18 Å². The predicted octanol–water partition coefficient (Wildman–Crippen LogP) is 4.20. The van der Waals surface area contributed by atoms with Crippen molar-refractivity contribution in [3.63, 3.8) is 0 Å². The van der Waals surface area contributed by atoms with Crippen LogP contribution in [0.2, 0.25) is 0 Å². The minimum Gasteiger partial charge on any atom is -0.481 e. The second kappa shape index (κ2) is 7.86. The minimum absolute atomic E-state index is 0.00258. The van der Waals surface area contributed by atoms with Crippen LogP contribution in [0.15, 0.2) is 24.3 Å². The number of aliphatic hydroxyl groups is 1. The highest BCUT2D eigenvalue weighted by Crippen LogP contribution is 2.53. The van der Waals surface area contributed by atoms with E-state index in [-0.39, 0.29) is 23.1 Å². The van der Waals surface area contributed by atoms with Gasteiger partial charge in [0.05, 0.1) is 11.0 Å². The summed E-state index contributed by atoms with van der Waals surface area (Å²) in [5, 5.41) is 11.3. The first-order chi connectivity index (χ1) is 16.0. The van der Waals surface area contributed by atoms with Gasteiger partial charge in [-0.05, 0) is 82.6 Å². The van der Waals surface area contributed by atoms with E-state index >= 15 is 0 Å². The Morgan fingerprint density at radius 2 is 1.65 bits per heavy atom. The lowest BCUT2D eigenvalue weighted by Gasteiger charge is -2.43. The molecule has 0 bridgehead atoms. The molecule has 9 heteroatoms. The van der Waals surface area contributed by atoms with Gasteiger partial charge in [0.25, 0.3) is 0 Å². The topological polar surface area (TPSA) is 70.1 Å². The molecule has 2 spiro atoms. The number of carbonyl (C=O) groups is 2. The Morgan fingerprint density at radius 1 is 1.00 bits per heavy atom. The number of nitrogens with zero attached hydrogens (tertiary/aromatic N) is 2. The average Bonchev–Trinajstić information content (AvgIpc) is 3.44. The molecule has 1 aromatic rings. The van der Waals surface area contributed by atoms with E-state index in [9.17, 15) is 27.9 Å². The summed E-state index contributed by atoms with van der Waals surface area (Å²) in [6.07, 6.45) is -0.0973. The Hall–Kier alpha value is -2.29. The number of likely N-dealkylation sites (tertiary alicyclic amines) is 1. The standard InChI is InChI=1S/C25H31F3N2O4/c1-17(25(26,27)28)34-19-4-2-18(3-5-19)29-15-14-22(21(29)32)8-12-24(33,13-9-22)16-30-20(31)6-7-23(30)10-11-23/h2-5,17,33H,6-16H2,1H3/t17-,22-,24+/m1/s1. The number of hydrogen-bond acceptors (Lipinski definition) is 4. The Balaban J connectivity index is 1.21. The summed E-state index contributed by atoms with van der Waals surface area (Å²) >= 11 is 0. The maximum Gasteiger partial charge on any atom is 0.425 e. The van der Waals surface area contributed by atoms with E-state index in [1.54, 1.807) is 17.0 Å². The van der Waals surface area contributed by atoms with Crippen molar-refractivity contribution in [2.45, 2.75) is 88.1 Å². The molecule has 0 unspecified atom stereocenters. The van der Waals surface area contributed by atoms with E-state index < -0.39 is 23.3 Å². The largest absolute Gasteiger partial charge is 0.481 e. The van der Waals surface area contributed by atoms with Gasteiger partial charge in [0.2, 0.25) is 11.8 Å². The number of hydrogen-bond donors (Lipinski definition) is 1. The molecule has 2 amide bonds. The summed E-state index contributed by atoms with van der Waals surface area (Å²) < 4.78 is 43.1. The van der Waals surface area contributed by atoms with Crippen molar-refractivity contribution >= 4 is 17.5 Å². The van der Waals surface area contributed by atoms with Crippen LogP contribution in [0.25, 0.3) is 0 Å². The van der Waals surface area contributed by atoms with E-state index in [1.807, 2.05) is 4.90 Å². The van der Waals surface area contributed by atoms with E-state index in [1.165, 1.54) is 12.1 Å². The van der Waals surface area contributed by atoms with Crippen LogP contribution in [0.1, 0.15) is 64.7 Å². The monoisotopic (exact) mass is 480 g/mol. The van der Waals surface area contributed by atoms with E-state index in [0.29, 0.717) is 57.3 Å². The van der Waals surface area contributed by atoms with Crippen molar-refractivity contribution in [1.29, 1.82) is 0 Å². The smallest absolute Gasteiger partial charge is 0.425 e. The summed E-state index contributed by atoms with van der Waals surface area (Å²) in [6.45, 7) is 1.85. The fourth-order valence-electron chi connectivity index (χ4n) is 5.95. The molecule has 1 atom stereocenters. The lowest BCUT2D eigenvalue weighted by molar-refractivity contribution is -0.189. The number of carbonyl (C=O) groups excluding carboxylic acids is 2. The number of ether oxygens (including phenoxy) is 1. The molecular formula is C25H31F3N2O4. The number of β-amino-alcohol motifs (C(OH)–C–C–N with tert-alkyl or cyclic N) is 1. The van der Waals surface area contributed by atoms with Crippen molar-refractivity contribution in [3.8, 4) is 5.75 Å². The van der Waals surface area contributed by atoms with Crippen LogP contribution in [-0.4, -0.2) is 58.3 Å². The van der Waals surface area contributed by atoms with Gasteiger partial charge < -0.3 is 19.6 Å². The van der Waals surface area contributed by atoms with E-state index in [4.69, 9.17) is 4.74 Å². The maximum atomic E-state index is 13.4. The Labute approximate surface area is 197 Å². The van der Waals surface area contributed by atoms with Crippen LogP contribution in [-0.2, 0) is 9.59 Å². The van der Waals surface area contributed by atoms with Crippen LogP contribution < -0.4 is 9.64 Å². The van der Waals surface area contributed by atoms with Gasteiger partial charge in [-0.25, -0.2) is 0 Å². The third-order valence-electron chi connectivity index (χ3n) is 8.53. The van der Waals surface area contributed by atoms with E-state index in [0.717, 1.165) is 26.2 Å². The predicted molar refractivity (Wildman–Crippen MR) is 118 cm³/mol. The molecule has 0 radical (unpaired) electrons.